The number of methoxy groups -OCH3 is 1. The monoisotopic (exact) mass is 936 g/mol. The number of ether oxygens (including phenoxy) is 1. The third-order valence-corrected chi connectivity index (χ3v) is 12.2. The Morgan fingerprint density at radius 3 is 1.89 bits per heavy atom. The van der Waals surface area contributed by atoms with Crippen molar-refractivity contribution in [3.05, 3.63) is 108 Å². The summed E-state index contributed by atoms with van der Waals surface area (Å²) in [7, 11) is 3.15. The van der Waals surface area contributed by atoms with Gasteiger partial charge in [-0.3, -0.25) is 19.2 Å². The number of nitrogens with one attached hydrogen (secondary N) is 4. The Morgan fingerprint density at radius 1 is 0.773 bits per heavy atom. The molecule has 66 heavy (non-hydrogen) atoms. The minimum Gasteiger partial charge on any atom is -0.471 e. The summed E-state index contributed by atoms with van der Waals surface area (Å²) in [5.41, 5.74) is 10.3. The van der Waals surface area contributed by atoms with E-state index in [1.54, 1.807) is 40.2 Å². The average Bonchev–Trinajstić information content (AvgIpc) is 4.23. The minimum absolute atomic E-state index is 0.0228. The van der Waals surface area contributed by atoms with E-state index in [1.807, 2.05) is 76.2 Å². The number of fused-ring (bicyclic) bond motifs is 2. The molecular weight excluding hydrogens is 869 g/mol. The lowest BCUT2D eigenvalue weighted by Gasteiger charge is -2.23. The molecule has 1 atom stereocenters. The third kappa shape index (κ3) is 15.8. The van der Waals surface area contributed by atoms with E-state index in [2.05, 4.69) is 102 Å². The van der Waals surface area contributed by atoms with E-state index in [0.717, 1.165) is 74.2 Å². The first-order chi connectivity index (χ1) is 32.4. The van der Waals surface area contributed by atoms with Crippen LogP contribution in [0.25, 0.3) is 53.9 Å². The van der Waals surface area contributed by atoms with Crippen molar-refractivity contribution < 1.29 is 23.9 Å². The Morgan fingerprint density at radius 2 is 1.33 bits per heavy atom. The topological polar surface area (TPSA) is 165 Å². The Kier molecular flexibility index (Phi) is 25.3. The average molecular weight is 937 g/mol. The number of benzene rings is 3. The van der Waals surface area contributed by atoms with Crippen molar-refractivity contribution in [1.82, 2.24) is 40.4 Å². The van der Waals surface area contributed by atoms with Gasteiger partial charge in [-0.05, 0) is 67.1 Å². The smallest absolute Gasteiger partial charge is 0.292 e. The maximum atomic E-state index is 12.2. The molecule has 2 aliphatic rings. The molecular formula is C51H68N8O5S2. The van der Waals surface area contributed by atoms with Gasteiger partial charge < -0.3 is 35.1 Å². The van der Waals surface area contributed by atoms with Gasteiger partial charge in [0.1, 0.15) is 6.04 Å². The number of carbonyl (C=O) groups is 4. The van der Waals surface area contributed by atoms with Crippen molar-refractivity contribution in [2.75, 3.05) is 46.9 Å². The number of imidazole rings is 2. The highest BCUT2D eigenvalue weighted by Gasteiger charge is 2.26. The predicted molar refractivity (Wildman–Crippen MR) is 273 cm³/mol. The molecule has 13 nitrogen and oxygen atoms in total. The van der Waals surface area contributed by atoms with E-state index in [9.17, 15) is 14.4 Å². The molecule has 3 amide bonds. The van der Waals surface area contributed by atoms with Gasteiger partial charge in [0.2, 0.25) is 18.2 Å². The van der Waals surface area contributed by atoms with Crippen molar-refractivity contribution >= 4 is 67.8 Å². The standard InChI is InChI=1S/C22H14N4S2.C13H18N2O.C7H12N2O2.C3H8.C2H4O2.2C2H6/c1-3-14(4-2-13(1)15-5-6-18-19(7-15)26-12-25-18)16-9-27-22-17(10-28-21(16)22)20-8-23-11-24-20;1-14-12(11-7-3-2-4-8-11)13(16)15-9-5-6-10-15;10-6-8-5-7(11)9-3-1-2-4-9;1-3-2;1-4-2-3;2*1-2/h1-12H,(H,23,24)(H,25,26);2-4,7-8,12,14H,5-6,9-10H2,1H3;6H,1-5H2,(H,8,10);3H2,1-2H3;2H,1H3;2*1-2H3. The number of rotatable bonds is 10. The summed E-state index contributed by atoms with van der Waals surface area (Å²) in [5, 5.41) is 9.93. The summed E-state index contributed by atoms with van der Waals surface area (Å²) in [6.45, 7) is 16.3. The van der Waals surface area contributed by atoms with Gasteiger partial charge in [0.15, 0.2) is 0 Å². The number of hydrogen-bond donors (Lipinski definition) is 4. The zero-order valence-electron chi connectivity index (χ0n) is 39.8. The van der Waals surface area contributed by atoms with Crippen LogP contribution in [-0.2, 0) is 23.9 Å². The maximum Gasteiger partial charge on any atom is 0.292 e. The summed E-state index contributed by atoms with van der Waals surface area (Å²) in [6, 6.07) is 24.8. The van der Waals surface area contributed by atoms with Crippen molar-refractivity contribution in [3.8, 4) is 33.5 Å². The van der Waals surface area contributed by atoms with E-state index >= 15 is 0 Å². The summed E-state index contributed by atoms with van der Waals surface area (Å²) in [5.74, 6) is 0.223. The first-order valence-corrected chi connectivity index (χ1v) is 24.6. The van der Waals surface area contributed by atoms with Crippen LogP contribution in [0.4, 0.5) is 0 Å². The van der Waals surface area contributed by atoms with E-state index < -0.39 is 0 Å². The van der Waals surface area contributed by atoms with Gasteiger partial charge in [0.05, 0.1) is 58.6 Å². The fraction of sp³-hybridized carbons (Fsp3) is 0.373. The molecule has 0 aliphatic carbocycles. The van der Waals surface area contributed by atoms with Gasteiger partial charge in [-0.25, -0.2) is 9.97 Å². The van der Waals surface area contributed by atoms with E-state index in [-0.39, 0.29) is 24.4 Å². The second kappa shape index (κ2) is 30.9. The summed E-state index contributed by atoms with van der Waals surface area (Å²) in [4.78, 5) is 60.7. The van der Waals surface area contributed by atoms with Gasteiger partial charge in [-0.2, -0.15) is 0 Å². The Bertz CT molecular complexity index is 2400. The van der Waals surface area contributed by atoms with Crippen molar-refractivity contribution in [2.45, 2.75) is 79.7 Å². The number of H-pyrrole nitrogens is 2. The largest absolute Gasteiger partial charge is 0.471 e. The normalized spacial score (nSPS) is 12.7. The molecule has 9 rings (SSSR count). The Hall–Kier alpha value is -6.16. The van der Waals surface area contributed by atoms with Crippen molar-refractivity contribution in [1.29, 1.82) is 0 Å². The van der Waals surface area contributed by atoms with Gasteiger partial charge in [0, 0.05) is 48.1 Å². The highest BCUT2D eigenvalue weighted by Crippen LogP contribution is 2.43. The second-order valence-electron chi connectivity index (χ2n) is 14.4. The van der Waals surface area contributed by atoms with Crippen LogP contribution in [0.15, 0.2) is 102 Å². The van der Waals surface area contributed by atoms with Gasteiger partial charge >= 0.3 is 0 Å². The summed E-state index contributed by atoms with van der Waals surface area (Å²) < 4.78 is 6.51. The number of aromatic amines is 2. The molecule has 15 heteroatoms. The van der Waals surface area contributed by atoms with Gasteiger partial charge in [0.25, 0.3) is 6.47 Å². The summed E-state index contributed by atoms with van der Waals surface area (Å²) >= 11 is 3.59. The van der Waals surface area contributed by atoms with E-state index in [0.29, 0.717) is 12.9 Å². The maximum absolute atomic E-state index is 12.2. The van der Waals surface area contributed by atoms with Crippen LogP contribution < -0.4 is 10.6 Å². The number of amides is 3. The highest BCUT2D eigenvalue weighted by atomic mass is 32.1. The molecule has 2 fully saturated rings. The molecule has 0 radical (unpaired) electrons. The van der Waals surface area contributed by atoms with Crippen molar-refractivity contribution in [3.63, 3.8) is 0 Å². The SMILES string of the molecule is CC.CC.CCC.CNC(C(=O)N1CCCC1)c1ccccc1.COC=O.O=CNCC(=O)N1CCCC1.c1ncc(-c2csc3c(-c4ccc(-c5ccc6nc[nH]c6c5)cc4)csc23)[nH]1. The number of hydrogen-bond acceptors (Lipinski definition) is 10. The molecule has 3 aromatic carbocycles. The zero-order chi connectivity index (χ0) is 48.1. The molecule has 0 bridgehead atoms. The minimum atomic E-state index is -0.195. The molecule has 4 N–H and O–H groups in total. The van der Waals surface area contributed by atoms with Crippen LogP contribution in [-0.4, -0.2) is 101 Å². The first-order valence-electron chi connectivity index (χ1n) is 22.8. The fourth-order valence-corrected chi connectivity index (χ4v) is 9.41. The Labute approximate surface area is 398 Å². The fourth-order valence-electron chi connectivity index (χ4n) is 6.97. The predicted octanol–water partition coefficient (Wildman–Crippen LogP) is 10.7. The molecule has 1 unspecified atom stereocenters. The summed E-state index contributed by atoms with van der Waals surface area (Å²) in [6.07, 6.45) is 11.6. The molecule has 2 aliphatic heterocycles. The quantitative estimate of drug-likeness (QED) is 0.0984. The molecule has 354 valence electrons. The number of likely N-dealkylation sites (N-methyl/N-ethyl adjacent to an activating group) is 1. The second-order valence-corrected chi connectivity index (χ2v) is 16.2. The Balaban J connectivity index is 0.000000258. The lowest BCUT2D eigenvalue weighted by molar-refractivity contribution is -0.132. The van der Waals surface area contributed by atoms with Crippen LogP contribution in [0.2, 0.25) is 0 Å². The number of nitrogens with zero attached hydrogens (tertiary/aromatic N) is 4. The number of carbonyl (C=O) groups excluding carboxylic acids is 4. The van der Waals surface area contributed by atoms with E-state index in [1.165, 1.54) is 50.7 Å². The van der Waals surface area contributed by atoms with E-state index in [4.69, 9.17) is 4.79 Å². The lowest BCUT2D eigenvalue weighted by atomic mass is 10.0. The van der Waals surface area contributed by atoms with Gasteiger partial charge in [-0.1, -0.05) is 109 Å². The number of aromatic nitrogens is 4. The molecule has 4 aromatic heterocycles. The number of thiophene rings is 2. The molecule has 2 saturated heterocycles. The number of likely N-dealkylation sites (tertiary alicyclic amines) is 2. The molecule has 0 spiro atoms. The molecule has 0 saturated carbocycles. The highest BCUT2D eigenvalue weighted by molar-refractivity contribution is 7.27. The van der Waals surface area contributed by atoms with Crippen LogP contribution in [0.5, 0.6) is 0 Å². The lowest BCUT2D eigenvalue weighted by Crippen LogP contribution is -2.38. The molecule has 6 heterocycles. The van der Waals surface area contributed by atoms with Crippen LogP contribution in [0.3, 0.4) is 0 Å². The van der Waals surface area contributed by atoms with Crippen LogP contribution in [0, 0.1) is 0 Å². The third-order valence-electron chi connectivity index (χ3n) is 10.0. The van der Waals surface area contributed by atoms with Crippen LogP contribution >= 0.6 is 22.7 Å². The molecule has 7 aromatic rings. The van der Waals surface area contributed by atoms with Crippen LogP contribution in [0.1, 0.15) is 85.3 Å². The van der Waals surface area contributed by atoms with Crippen molar-refractivity contribution in [2.24, 2.45) is 0 Å². The zero-order valence-corrected chi connectivity index (χ0v) is 41.4. The first kappa shape index (κ1) is 54.2. The van der Waals surface area contributed by atoms with Gasteiger partial charge in [-0.15, -0.1) is 22.7 Å².